The van der Waals surface area contributed by atoms with Crippen molar-refractivity contribution in [1.29, 1.82) is 0 Å². The van der Waals surface area contributed by atoms with Gasteiger partial charge in [0.15, 0.2) is 0 Å². The van der Waals surface area contributed by atoms with Gasteiger partial charge < -0.3 is 5.73 Å². The molecular weight excluding hydrogens is 154 g/mol. The molecular formula is C6H14ClNS. The molecule has 0 bridgehead atoms. The van der Waals surface area contributed by atoms with E-state index in [1.165, 1.54) is 25.0 Å². The number of hydrogen-bond donors (Lipinski definition) is 1. The fourth-order valence-electron chi connectivity index (χ4n) is 1.06. The van der Waals surface area contributed by atoms with Gasteiger partial charge in [-0.05, 0) is 31.6 Å². The minimum Gasteiger partial charge on any atom is -0.330 e. The van der Waals surface area contributed by atoms with E-state index in [0.29, 0.717) is 0 Å². The Morgan fingerprint density at radius 2 is 2.33 bits per heavy atom. The van der Waals surface area contributed by atoms with Crippen molar-refractivity contribution < 1.29 is 0 Å². The highest BCUT2D eigenvalue weighted by molar-refractivity contribution is 8.00. The summed E-state index contributed by atoms with van der Waals surface area (Å²) < 4.78 is 0. The summed E-state index contributed by atoms with van der Waals surface area (Å²) in [6.07, 6.45) is 4.04. The number of thioether (sulfide) groups is 1. The van der Waals surface area contributed by atoms with Crippen LogP contribution in [0.3, 0.4) is 0 Å². The zero-order valence-corrected chi connectivity index (χ0v) is 7.14. The SMILES string of the molecule is Cl.NCCC1CCCS1. The van der Waals surface area contributed by atoms with Crippen molar-refractivity contribution in [2.75, 3.05) is 12.3 Å². The first-order valence-electron chi connectivity index (χ1n) is 3.25. The molecule has 0 spiro atoms. The molecule has 0 aromatic carbocycles. The maximum Gasteiger partial charge on any atom is 0.00593 e. The third-order valence-electron chi connectivity index (χ3n) is 1.51. The first kappa shape index (κ1) is 9.60. The maximum absolute atomic E-state index is 5.40. The lowest BCUT2D eigenvalue weighted by molar-refractivity contribution is 0.724. The first-order chi connectivity index (χ1) is 3.93. The van der Waals surface area contributed by atoms with Gasteiger partial charge in [0, 0.05) is 5.25 Å². The van der Waals surface area contributed by atoms with Crippen molar-refractivity contribution in [2.45, 2.75) is 24.5 Å². The summed E-state index contributed by atoms with van der Waals surface area (Å²) >= 11 is 2.09. The van der Waals surface area contributed by atoms with Crippen LogP contribution in [0.4, 0.5) is 0 Å². The van der Waals surface area contributed by atoms with Crippen LogP contribution in [0.5, 0.6) is 0 Å². The van der Waals surface area contributed by atoms with E-state index >= 15 is 0 Å². The molecule has 0 aliphatic carbocycles. The van der Waals surface area contributed by atoms with Crippen molar-refractivity contribution in [1.82, 2.24) is 0 Å². The van der Waals surface area contributed by atoms with Gasteiger partial charge >= 0.3 is 0 Å². The van der Waals surface area contributed by atoms with Crippen molar-refractivity contribution in [3.63, 3.8) is 0 Å². The molecule has 0 aromatic rings. The highest BCUT2D eigenvalue weighted by atomic mass is 35.5. The molecule has 1 fully saturated rings. The predicted molar refractivity (Wildman–Crippen MR) is 46.4 cm³/mol. The fraction of sp³-hybridized carbons (Fsp3) is 1.00. The number of hydrogen-bond acceptors (Lipinski definition) is 2. The van der Waals surface area contributed by atoms with Gasteiger partial charge in [0.1, 0.15) is 0 Å². The van der Waals surface area contributed by atoms with Crippen LogP contribution < -0.4 is 5.73 Å². The van der Waals surface area contributed by atoms with E-state index < -0.39 is 0 Å². The Labute approximate surface area is 67.2 Å². The summed E-state index contributed by atoms with van der Waals surface area (Å²) in [5, 5.41) is 0.903. The Morgan fingerprint density at radius 1 is 1.56 bits per heavy atom. The molecule has 1 aliphatic rings. The highest BCUT2D eigenvalue weighted by Crippen LogP contribution is 2.27. The van der Waals surface area contributed by atoms with E-state index in [4.69, 9.17) is 5.73 Å². The Balaban J connectivity index is 0.000000640. The van der Waals surface area contributed by atoms with Crippen molar-refractivity contribution in [3.8, 4) is 0 Å². The molecule has 3 heteroatoms. The van der Waals surface area contributed by atoms with E-state index in [1.54, 1.807) is 0 Å². The van der Waals surface area contributed by atoms with Crippen LogP contribution in [0.15, 0.2) is 0 Å². The van der Waals surface area contributed by atoms with E-state index in [9.17, 15) is 0 Å². The third-order valence-corrected chi connectivity index (χ3v) is 2.98. The van der Waals surface area contributed by atoms with Crippen LogP contribution in [0.1, 0.15) is 19.3 Å². The van der Waals surface area contributed by atoms with Crippen LogP contribution in [0.25, 0.3) is 0 Å². The Morgan fingerprint density at radius 3 is 2.78 bits per heavy atom. The van der Waals surface area contributed by atoms with E-state index in [2.05, 4.69) is 11.8 Å². The molecule has 9 heavy (non-hydrogen) atoms. The van der Waals surface area contributed by atoms with Gasteiger partial charge in [0.2, 0.25) is 0 Å². The van der Waals surface area contributed by atoms with Gasteiger partial charge in [-0.1, -0.05) is 0 Å². The van der Waals surface area contributed by atoms with Crippen molar-refractivity contribution >= 4 is 24.2 Å². The summed E-state index contributed by atoms with van der Waals surface area (Å²) in [5.74, 6) is 1.37. The molecule has 0 radical (unpaired) electrons. The first-order valence-corrected chi connectivity index (χ1v) is 4.30. The molecule has 1 unspecified atom stereocenters. The van der Waals surface area contributed by atoms with Crippen LogP contribution in [0, 0.1) is 0 Å². The van der Waals surface area contributed by atoms with E-state index in [0.717, 1.165) is 11.8 Å². The van der Waals surface area contributed by atoms with Gasteiger partial charge in [-0.3, -0.25) is 0 Å². The van der Waals surface area contributed by atoms with Crippen LogP contribution >= 0.6 is 24.2 Å². The number of halogens is 1. The fourth-order valence-corrected chi connectivity index (χ4v) is 2.36. The van der Waals surface area contributed by atoms with Gasteiger partial charge in [0.25, 0.3) is 0 Å². The molecule has 1 aliphatic heterocycles. The molecule has 2 N–H and O–H groups in total. The quantitative estimate of drug-likeness (QED) is 0.677. The molecule has 0 aromatic heterocycles. The Kier molecular flexibility index (Phi) is 5.75. The second-order valence-electron chi connectivity index (χ2n) is 2.21. The lowest BCUT2D eigenvalue weighted by Gasteiger charge is -2.02. The van der Waals surface area contributed by atoms with Gasteiger partial charge in [-0.25, -0.2) is 0 Å². The lowest BCUT2D eigenvalue weighted by atomic mass is 10.2. The van der Waals surface area contributed by atoms with Crippen LogP contribution in [0.2, 0.25) is 0 Å². The second-order valence-corrected chi connectivity index (χ2v) is 3.62. The third kappa shape index (κ3) is 3.33. The molecule has 1 rings (SSSR count). The molecule has 0 saturated carbocycles. The monoisotopic (exact) mass is 167 g/mol. The average molecular weight is 168 g/mol. The van der Waals surface area contributed by atoms with Crippen molar-refractivity contribution in [2.24, 2.45) is 5.73 Å². The average Bonchev–Trinajstić information content (AvgIpc) is 2.19. The highest BCUT2D eigenvalue weighted by Gasteiger charge is 2.13. The summed E-state index contributed by atoms with van der Waals surface area (Å²) in [6, 6.07) is 0. The van der Waals surface area contributed by atoms with Crippen LogP contribution in [-0.4, -0.2) is 17.5 Å². The minimum absolute atomic E-state index is 0. The topological polar surface area (TPSA) is 26.0 Å². The van der Waals surface area contributed by atoms with Gasteiger partial charge in [-0.15, -0.1) is 12.4 Å². The van der Waals surface area contributed by atoms with E-state index in [1.807, 2.05) is 0 Å². The lowest BCUT2D eigenvalue weighted by Crippen LogP contribution is -2.06. The summed E-state index contributed by atoms with van der Waals surface area (Å²) in [6.45, 7) is 0.873. The summed E-state index contributed by atoms with van der Waals surface area (Å²) in [5.41, 5.74) is 5.40. The molecule has 1 nitrogen and oxygen atoms in total. The maximum atomic E-state index is 5.40. The van der Waals surface area contributed by atoms with Crippen LogP contribution in [-0.2, 0) is 0 Å². The minimum atomic E-state index is 0. The summed E-state index contributed by atoms with van der Waals surface area (Å²) in [4.78, 5) is 0. The smallest absolute Gasteiger partial charge is 0.00593 e. The number of nitrogens with two attached hydrogens (primary N) is 1. The van der Waals surface area contributed by atoms with Crippen molar-refractivity contribution in [3.05, 3.63) is 0 Å². The number of rotatable bonds is 2. The van der Waals surface area contributed by atoms with Gasteiger partial charge in [-0.2, -0.15) is 11.8 Å². The zero-order chi connectivity index (χ0) is 5.82. The predicted octanol–water partition coefficient (Wildman–Crippen LogP) is 1.65. The largest absolute Gasteiger partial charge is 0.330 e. The molecule has 56 valence electrons. The van der Waals surface area contributed by atoms with Gasteiger partial charge in [0.05, 0.1) is 0 Å². The molecule has 1 heterocycles. The zero-order valence-electron chi connectivity index (χ0n) is 5.51. The molecule has 1 saturated heterocycles. The molecule has 0 amide bonds. The van der Waals surface area contributed by atoms with E-state index in [-0.39, 0.29) is 12.4 Å². The normalized spacial score (nSPS) is 25.7. The second kappa shape index (κ2) is 5.39. The Hall–Kier alpha value is 0.600. The summed E-state index contributed by atoms with van der Waals surface area (Å²) in [7, 11) is 0. The molecule has 1 atom stereocenters. The Bertz CT molecular complexity index is 64.1. The standard InChI is InChI=1S/C6H13NS.ClH/c7-4-3-6-2-1-5-8-6;/h6H,1-5,7H2;1H.